The lowest BCUT2D eigenvalue weighted by Gasteiger charge is -2.18. The van der Waals surface area contributed by atoms with Crippen LogP contribution in [0, 0.1) is 11.8 Å². The number of halogens is 1. The summed E-state index contributed by atoms with van der Waals surface area (Å²) in [5.74, 6) is 0.427. The molecule has 0 spiro atoms. The summed E-state index contributed by atoms with van der Waals surface area (Å²) < 4.78 is 7.22. The molecule has 0 aromatic heterocycles. The van der Waals surface area contributed by atoms with E-state index in [4.69, 9.17) is 4.74 Å². The quantitative estimate of drug-likeness (QED) is 0.451. The lowest BCUT2D eigenvalue weighted by molar-refractivity contribution is -0.140. The van der Waals surface area contributed by atoms with Crippen LogP contribution in [0.5, 0.6) is 0 Å². The van der Waals surface area contributed by atoms with E-state index in [2.05, 4.69) is 32.9 Å². The predicted octanol–water partition coefficient (Wildman–Crippen LogP) is 1.86. The van der Waals surface area contributed by atoms with Crippen molar-refractivity contribution in [1.29, 1.82) is 0 Å². The first-order chi connectivity index (χ1) is 6.15. The van der Waals surface area contributed by atoms with Gasteiger partial charge in [0, 0.05) is 41.9 Å². The maximum Gasteiger partial charge on any atom is 0.309 e. The molecular formula is C9H16INO2. The maximum atomic E-state index is 11.1. The number of cyclic esters (lactones) is 1. The number of esters is 1. The Bertz CT molecular complexity index is 186. The lowest BCUT2D eigenvalue weighted by Crippen LogP contribution is -2.25. The number of nitrogens with zero attached hydrogens (tertiary/aromatic N) is 1. The van der Waals surface area contributed by atoms with E-state index in [0.29, 0.717) is 12.5 Å². The summed E-state index contributed by atoms with van der Waals surface area (Å²) in [6.45, 7) is 6.75. The molecular weight excluding hydrogens is 281 g/mol. The molecule has 76 valence electrons. The van der Waals surface area contributed by atoms with Gasteiger partial charge in [-0.1, -0.05) is 13.8 Å². The van der Waals surface area contributed by atoms with Gasteiger partial charge in [-0.3, -0.25) is 4.79 Å². The van der Waals surface area contributed by atoms with E-state index in [-0.39, 0.29) is 11.9 Å². The van der Waals surface area contributed by atoms with Gasteiger partial charge < -0.3 is 4.74 Å². The van der Waals surface area contributed by atoms with Crippen LogP contribution < -0.4 is 0 Å². The van der Waals surface area contributed by atoms with Crippen LogP contribution in [-0.2, 0) is 9.53 Å². The highest BCUT2D eigenvalue weighted by molar-refractivity contribution is 14.1. The fourth-order valence-corrected chi connectivity index (χ4v) is 2.44. The Kier molecular flexibility index (Phi) is 4.45. The van der Waals surface area contributed by atoms with Crippen molar-refractivity contribution in [2.75, 3.05) is 19.7 Å². The molecule has 0 N–H and O–H groups in total. The van der Waals surface area contributed by atoms with Crippen molar-refractivity contribution in [3.8, 4) is 0 Å². The summed E-state index contributed by atoms with van der Waals surface area (Å²) in [5, 5.41) is 0. The number of ether oxygens (including phenoxy) is 1. The van der Waals surface area contributed by atoms with Gasteiger partial charge in [-0.2, -0.15) is 0 Å². The highest BCUT2D eigenvalue weighted by atomic mass is 127. The normalized spacial score (nSPS) is 28.2. The molecule has 3 nitrogen and oxygen atoms in total. The number of carbonyl (C=O) groups is 1. The number of hydrogen-bond donors (Lipinski definition) is 0. The van der Waals surface area contributed by atoms with Crippen LogP contribution in [-0.4, -0.2) is 28.8 Å². The van der Waals surface area contributed by atoms with E-state index in [9.17, 15) is 4.79 Å². The molecule has 0 radical (unpaired) electrons. The lowest BCUT2D eigenvalue weighted by atomic mass is 9.98. The molecule has 13 heavy (non-hydrogen) atoms. The zero-order valence-corrected chi connectivity index (χ0v) is 10.3. The number of rotatable bonds is 4. The van der Waals surface area contributed by atoms with Crippen molar-refractivity contribution in [3.05, 3.63) is 0 Å². The molecule has 0 aromatic rings. The molecule has 0 aromatic carbocycles. The van der Waals surface area contributed by atoms with Crippen molar-refractivity contribution in [2.24, 2.45) is 11.8 Å². The van der Waals surface area contributed by atoms with Crippen LogP contribution >= 0.6 is 22.9 Å². The van der Waals surface area contributed by atoms with Crippen molar-refractivity contribution in [3.63, 3.8) is 0 Å². The number of carbonyl (C=O) groups excluding carboxylic acids is 1. The molecule has 1 rings (SSSR count). The highest BCUT2D eigenvalue weighted by Gasteiger charge is 2.33. The fourth-order valence-electron chi connectivity index (χ4n) is 1.46. The first-order valence-electron chi connectivity index (χ1n) is 4.72. The predicted molar refractivity (Wildman–Crippen MR) is 59.5 cm³/mol. The third-order valence-electron chi connectivity index (χ3n) is 2.42. The first-order valence-corrected chi connectivity index (χ1v) is 5.69. The molecule has 0 saturated carbocycles. The standard InChI is InChI=1S/C9H16INO2/c1-3-4-11(10)5-8-6-13-9(12)7(8)2/h7-8H,3-6H2,1-2H3. The minimum Gasteiger partial charge on any atom is -0.465 e. The number of hydrogen-bond acceptors (Lipinski definition) is 3. The summed E-state index contributed by atoms with van der Waals surface area (Å²) in [7, 11) is 0. The minimum atomic E-state index is -0.0358. The molecule has 1 saturated heterocycles. The van der Waals surface area contributed by atoms with Crippen LogP contribution in [0.25, 0.3) is 0 Å². The van der Waals surface area contributed by atoms with Crippen molar-refractivity contribution in [2.45, 2.75) is 20.3 Å². The molecule has 4 heteroatoms. The Hall–Kier alpha value is 0.160. The van der Waals surface area contributed by atoms with Gasteiger partial charge in [0.1, 0.15) is 0 Å². The summed E-state index contributed by atoms with van der Waals surface area (Å²) in [5.41, 5.74) is 0. The molecule has 1 aliphatic heterocycles. The van der Waals surface area contributed by atoms with E-state index >= 15 is 0 Å². The fraction of sp³-hybridized carbons (Fsp3) is 0.889. The van der Waals surface area contributed by atoms with Gasteiger partial charge in [0.2, 0.25) is 0 Å². The molecule has 0 amide bonds. The van der Waals surface area contributed by atoms with E-state index in [0.717, 1.165) is 19.5 Å². The summed E-state index contributed by atoms with van der Waals surface area (Å²) >= 11 is 2.31. The van der Waals surface area contributed by atoms with Gasteiger partial charge in [-0.05, 0) is 6.42 Å². The topological polar surface area (TPSA) is 29.5 Å². The van der Waals surface area contributed by atoms with Gasteiger partial charge in [-0.25, -0.2) is 3.11 Å². The Morgan fingerprint density at radius 3 is 2.85 bits per heavy atom. The van der Waals surface area contributed by atoms with Crippen molar-refractivity contribution < 1.29 is 9.53 Å². The second kappa shape index (κ2) is 5.14. The second-order valence-electron chi connectivity index (χ2n) is 3.55. The van der Waals surface area contributed by atoms with E-state index in [1.165, 1.54) is 0 Å². The van der Waals surface area contributed by atoms with Crippen LogP contribution in [0.3, 0.4) is 0 Å². The van der Waals surface area contributed by atoms with Gasteiger partial charge in [-0.15, -0.1) is 0 Å². The minimum absolute atomic E-state index is 0.0358. The van der Waals surface area contributed by atoms with Crippen molar-refractivity contribution in [1.82, 2.24) is 3.11 Å². The molecule has 2 unspecified atom stereocenters. The molecule has 0 aliphatic carbocycles. The van der Waals surface area contributed by atoms with Gasteiger partial charge in [0.05, 0.1) is 12.5 Å². The zero-order valence-electron chi connectivity index (χ0n) is 8.12. The van der Waals surface area contributed by atoms with Crippen LogP contribution in [0.1, 0.15) is 20.3 Å². The van der Waals surface area contributed by atoms with Crippen LogP contribution in [0.2, 0.25) is 0 Å². The van der Waals surface area contributed by atoms with Gasteiger partial charge in [0.15, 0.2) is 0 Å². The molecule has 2 atom stereocenters. The second-order valence-corrected chi connectivity index (χ2v) is 4.91. The maximum absolute atomic E-state index is 11.1. The van der Waals surface area contributed by atoms with E-state index in [1.807, 2.05) is 6.92 Å². The van der Waals surface area contributed by atoms with E-state index in [1.54, 1.807) is 0 Å². The smallest absolute Gasteiger partial charge is 0.309 e. The molecule has 1 aliphatic rings. The largest absolute Gasteiger partial charge is 0.465 e. The Morgan fingerprint density at radius 2 is 2.38 bits per heavy atom. The monoisotopic (exact) mass is 297 g/mol. The summed E-state index contributed by atoms with van der Waals surface area (Å²) in [6.07, 6.45) is 1.15. The zero-order chi connectivity index (χ0) is 9.84. The molecule has 0 bridgehead atoms. The SMILES string of the molecule is CCCN(I)CC1COC(=O)C1C. The Labute approximate surface area is 93.3 Å². The van der Waals surface area contributed by atoms with Crippen LogP contribution in [0.4, 0.5) is 0 Å². The van der Waals surface area contributed by atoms with Crippen molar-refractivity contribution >= 4 is 28.8 Å². The third kappa shape index (κ3) is 3.09. The van der Waals surface area contributed by atoms with E-state index < -0.39 is 0 Å². The average Bonchev–Trinajstić information content (AvgIpc) is 2.37. The Morgan fingerprint density at radius 1 is 1.69 bits per heavy atom. The first kappa shape index (κ1) is 11.2. The van der Waals surface area contributed by atoms with Crippen LogP contribution in [0.15, 0.2) is 0 Å². The highest BCUT2D eigenvalue weighted by Crippen LogP contribution is 2.23. The molecule has 1 fully saturated rings. The summed E-state index contributed by atoms with van der Waals surface area (Å²) in [6, 6.07) is 0. The van der Waals surface area contributed by atoms with Gasteiger partial charge in [0.25, 0.3) is 0 Å². The summed E-state index contributed by atoms with van der Waals surface area (Å²) in [4.78, 5) is 11.1. The average molecular weight is 297 g/mol. The third-order valence-corrected chi connectivity index (χ3v) is 3.29. The molecule has 1 heterocycles. The Balaban J connectivity index is 2.33. The van der Waals surface area contributed by atoms with Gasteiger partial charge >= 0.3 is 5.97 Å².